The molecular formula is C22H27N3O2S. The highest BCUT2D eigenvalue weighted by atomic mass is 32.1. The second-order valence-corrected chi connectivity index (χ2v) is 8.71. The van der Waals surface area contributed by atoms with Gasteiger partial charge < -0.3 is 10.2 Å². The van der Waals surface area contributed by atoms with Crippen molar-refractivity contribution in [3.63, 3.8) is 0 Å². The minimum atomic E-state index is 0.0237. The monoisotopic (exact) mass is 397 g/mol. The summed E-state index contributed by atoms with van der Waals surface area (Å²) in [5, 5.41) is 5.18. The van der Waals surface area contributed by atoms with Crippen LogP contribution in [0.15, 0.2) is 47.8 Å². The first kappa shape index (κ1) is 19.2. The van der Waals surface area contributed by atoms with E-state index in [-0.39, 0.29) is 23.8 Å². The number of benzene rings is 1. The van der Waals surface area contributed by atoms with Crippen molar-refractivity contribution in [2.24, 2.45) is 5.92 Å². The fraction of sp³-hybridized carbons (Fsp3) is 0.455. The highest BCUT2D eigenvalue weighted by Gasteiger charge is 2.31. The van der Waals surface area contributed by atoms with Crippen LogP contribution in [0, 0.1) is 5.92 Å². The molecule has 148 valence electrons. The lowest BCUT2D eigenvalue weighted by molar-refractivity contribution is -0.126. The van der Waals surface area contributed by atoms with Gasteiger partial charge in [-0.3, -0.25) is 14.5 Å². The van der Waals surface area contributed by atoms with Crippen LogP contribution in [0.3, 0.4) is 0 Å². The number of carbonyl (C=O) groups is 2. The molecule has 2 aliphatic heterocycles. The van der Waals surface area contributed by atoms with Crippen LogP contribution in [-0.2, 0) is 11.3 Å². The van der Waals surface area contributed by atoms with E-state index in [4.69, 9.17) is 0 Å². The summed E-state index contributed by atoms with van der Waals surface area (Å²) >= 11 is 1.48. The molecule has 0 aliphatic carbocycles. The van der Waals surface area contributed by atoms with Crippen LogP contribution >= 0.6 is 11.3 Å². The molecule has 1 N–H and O–H groups in total. The molecular weight excluding hydrogens is 370 g/mol. The second kappa shape index (κ2) is 8.88. The summed E-state index contributed by atoms with van der Waals surface area (Å²) in [6.07, 6.45) is 2.51. The molecule has 1 aromatic carbocycles. The molecule has 2 fully saturated rings. The van der Waals surface area contributed by atoms with E-state index >= 15 is 0 Å². The summed E-state index contributed by atoms with van der Waals surface area (Å²) in [6, 6.07) is 14.5. The molecule has 4 rings (SSSR count). The molecule has 1 atom stereocenters. The second-order valence-electron chi connectivity index (χ2n) is 7.76. The largest absolute Gasteiger partial charge is 0.352 e. The first-order chi connectivity index (χ1) is 13.7. The molecule has 0 radical (unpaired) electrons. The Hall–Kier alpha value is -2.18. The van der Waals surface area contributed by atoms with Crippen molar-refractivity contribution in [3.05, 3.63) is 58.3 Å². The van der Waals surface area contributed by atoms with Gasteiger partial charge in [-0.1, -0.05) is 36.4 Å². The van der Waals surface area contributed by atoms with Crippen molar-refractivity contribution in [2.45, 2.75) is 31.8 Å². The van der Waals surface area contributed by atoms with Gasteiger partial charge in [0.2, 0.25) is 5.91 Å². The van der Waals surface area contributed by atoms with Gasteiger partial charge in [-0.25, -0.2) is 0 Å². The molecule has 2 saturated heterocycles. The minimum absolute atomic E-state index is 0.0237. The van der Waals surface area contributed by atoms with E-state index in [1.54, 1.807) is 0 Å². The number of hydrogen-bond donors (Lipinski definition) is 1. The van der Waals surface area contributed by atoms with Gasteiger partial charge in [0.1, 0.15) is 0 Å². The number of amides is 2. The van der Waals surface area contributed by atoms with E-state index in [1.807, 2.05) is 28.5 Å². The fourth-order valence-corrected chi connectivity index (χ4v) is 4.85. The minimum Gasteiger partial charge on any atom is -0.352 e. The Balaban J connectivity index is 1.21. The average Bonchev–Trinajstić information content (AvgIpc) is 3.41. The highest BCUT2D eigenvalue weighted by molar-refractivity contribution is 7.12. The Bertz CT molecular complexity index is 785. The lowest BCUT2D eigenvalue weighted by atomic mass is 9.95. The van der Waals surface area contributed by atoms with E-state index in [1.165, 1.54) is 16.9 Å². The van der Waals surface area contributed by atoms with Gasteiger partial charge in [0, 0.05) is 44.7 Å². The smallest absolute Gasteiger partial charge is 0.263 e. The average molecular weight is 398 g/mol. The normalized spacial score (nSPS) is 21.0. The van der Waals surface area contributed by atoms with Gasteiger partial charge in [0.15, 0.2) is 0 Å². The third kappa shape index (κ3) is 4.62. The topological polar surface area (TPSA) is 52.7 Å². The number of likely N-dealkylation sites (tertiary alicyclic amines) is 2. The van der Waals surface area contributed by atoms with Crippen molar-refractivity contribution < 1.29 is 9.59 Å². The van der Waals surface area contributed by atoms with Crippen molar-refractivity contribution >= 4 is 23.2 Å². The van der Waals surface area contributed by atoms with Crippen molar-refractivity contribution in [2.75, 3.05) is 26.2 Å². The number of nitrogens with one attached hydrogen (secondary N) is 1. The van der Waals surface area contributed by atoms with Crippen molar-refractivity contribution in [3.8, 4) is 0 Å². The third-order valence-corrected chi connectivity index (χ3v) is 6.61. The molecule has 2 aliphatic rings. The molecule has 1 aromatic heterocycles. The van der Waals surface area contributed by atoms with Crippen LogP contribution in [-0.4, -0.2) is 53.8 Å². The number of rotatable bonds is 5. The predicted molar refractivity (Wildman–Crippen MR) is 111 cm³/mol. The molecule has 1 unspecified atom stereocenters. The maximum absolute atomic E-state index is 12.7. The van der Waals surface area contributed by atoms with Crippen molar-refractivity contribution in [1.29, 1.82) is 0 Å². The Kier molecular flexibility index (Phi) is 6.07. The van der Waals surface area contributed by atoms with E-state index < -0.39 is 0 Å². The molecule has 3 heterocycles. The third-order valence-electron chi connectivity index (χ3n) is 5.75. The first-order valence-electron chi connectivity index (χ1n) is 10.1. The van der Waals surface area contributed by atoms with Gasteiger partial charge in [-0.2, -0.15) is 0 Å². The van der Waals surface area contributed by atoms with Gasteiger partial charge in [0.25, 0.3) is 5.91 Å². The zero-order chi connectivity index (χ0) is 19.3. The summed E-state index contributed by atoms with van der Waals surface area (Å²) in [5.41, 5.74) is 1.32. The molecule has 28 heavy (non-hydrogen) atoms. The standard InChI is InChI=1S/C22H27N3O2S/c26-21(18-8-12-25(13-9-18)22(27)20-7-4-14-28-20)23-19-10-11-24(16-19)15-17-5-2-1-3-6-17/h1-7,14,18-19H,8-13,15-16H2,(H,23,26). The van der Waals surface area contributed by atoms with Crippen LogP contribution < -0.4 is 5.32 Å². The van der Waals surface area contributed by atoms with Gasteiger partial charge in [-0.05, 0) is 36.3 Å². The van der Waals surface area contributed by atoms with Crippen LogP contribution in [0.2, 0.25) is 0 Å². The van der Waals surface area contributed by atoms with E-state index in [0.717, 1.165) is 43.8 Å². The zero-order valence-corrected chi connectivity index (χ0v) is 16.9. The Morgan fingerprint density at radius 3 is 2.50 bits per heavy atom. The predicted octanol–water partition coefficient (Wildman–Crippen LogP) is 2.99. The van der Waals surface area contributed by atoms with E-state index in [9.17, 15) is 9.59 Å². The molecule has 0 bridgehead atoms. The lowest BCUT2D eigenvalue weighted by Gasteiger charge is -2.31. The van der Waals surface area contributed by atoms with Gasteiger partial charge in [-0.15, -0.1) is 11.3 Å². The maximum atomic E-state index is 12.7. The number of nitrogens with zero attached hydrogens (tertiary/aromatic N) is 2. The van der Waals surface area contributed by atoms with E-state index in [0.29, 0.717) is 13.1 Å². The van der Waals surface area contributed by atoms with Crippen LogP contribution in [0.4, 0.5) is 0 Å². The summed E-state index contributed by atoms with van der Waals surface area (Å²) in [5.74, 6) is 0.284. The van der Waals surface area contributed by atoms with E-state index in [2.05, 4.69) is 34.5 Å². The Labute approximate surface area is 170 Å². The lowest BCUT2D eigenvalue weighted by Crippen LogP contribution is -2.45. The quantitative estimate of drug-likeness (QED) is 0.844. The van der Waals surface area contributed by atoms with Gasteiger partial charge >= 0.3 is 0 Å². The number of thiophene rings is 1. The van der Waals surface area contributed by atoms with Crippen molar-refractivity contribution in [1.82, 2.24) is 15.1 Å². The van der Waals surface area contributed by atoms with Crippen LogP contribution in [0.1, 0.15) is 34.5 Å². The molecule has 2 amide bonds. The molecule has 2 aromatic rings. The molecule has 6 heteroatoms. The Morgan fingerprint density at radius 2 is 1.79 bits per heavy atom. The SMILES string of the molecule is O=C(NC1CCN(Cc2ccccc2)C1)C1CCN(C(=O)c2cccs2)CC1. The zero-order valence-electron chi connectivity index (χ0n) is 16.0. The van der Waals surface area contributed by atoms with Crippen LogP contribution in [0.5, 0.6) is 0 Å². The molecule has 0 spiro atoms. The summed E-state index contributed by atoms with van der Waals surface area (Å²) in [4.78, 5) is 30.2. The Morgan fingerprint density at radius 1 is 1.00 bits per heavy atom. The fourth-order valence-electron chi connectivity index (χ4n) is 4.16. The summed E-state index contributed by atoms with van der Waals surface area (Å²) in [7, 11) is 0. The first-order valence-corrected chi connectivity index (χ1v) is 11.0. The number of hydrogen-bond acceptors (Lipinski definition) is 4. The highest BCUT2D eigenvalue weighted by Crippen LogP contribution is 2.22. The summed E-state index contributed by atoms with van der Waals surface area (Å²) < 4.78 is 0. The maximum Gasteiger partial charge on any atom is 0.263 e. The molecule has 0 saturated carbocycles. The number of piperidine rings is 1. The van der Waals surface area contributed by atoms with Crippen LogP contribution in [0.25, 0.3) is 0 Å². The summed E-state index contributed by atoms with van der Waals surface area (Å²) in [6.45, 7) is 4.21. The number of carbonyl (C=O) groups excluding carboxylic acids is 2. The van der Waals surface area contributed by atoms with Gasteiger partial charge in [0.05, 0.1) is 4.88 Å². The molecule has 5 nitrogen and oxygen atoms in total.